The molecule has 2 aromatic heterocycles. The predicted octanol–water partition coefficient (Wildman–Crippen LogP) is 5.12. The van der Waals surface area contributed by atoms with Crippen molar-refractivity contribution in [2.75, 3.05) is 12.0 Å². The summed E-state index contributed by atoms with van der Waals surface area (Å²) in [5.41, 5.74) is 0.0532. The van der Waals surface area contributed by atoms with Gasteiger partial charge in [0, 0.05) is 24.6 Å². The summed E-state index contributed by atoms with van der Waals surface area (Å²) in [6.45, 7) is 8.20. The number of anilines is 2. The van der Waals surface area contributed by atoms with Gasteiger partial charge in [-0.1, -0.05) is 18.8 Å². The lowest BCUT2D eigenvalue weighted by atomic mass is 9.82. The van der Waals surface area contributed by atoms with E-state index in [-0.39, 0.29) is 33.4 Å². The molecule has 0 bridgehead atoms. The lowest BCUT2D eigenvalue weighted by Gasteiger charge is -2.31. The van der Waals surface area contributed by atoms with Gasteiger partial charge < -0.3 is 9.30 Å². The number of hydrogen-bond acceptors (Lipinski definition) is 5. The number of ether oxygens (including phenoxy) is 1. The summed E-state index contributed by atoms with van der Waals surface area (Å²) in [4.78, 5) is 41.9. The molecular formula is C26H32N2O4S. The van der Waals surface area contributed by atoms with Gasteiger partial charge in [0.25, 0.3) is 5.56 Å². The Morgan fingerprint density at radius 3 is 2.45 bits per heavy atom. The molecule has 0 atom stereocenters. The fourth-order valence-corrected chi connectivity index (χ4v) is 4.82. The van der Waals surface area contributed by atoms with Crippen molar-refractivity contribution in [2.45, 2.75) is 53.4 Å². The van der Waals surface area contributed by atoms with E-state index in [2.05, 4.69) is 18.8 Å². The normalized spacial score (nSPS) is 18.2. The van der Waals surface area contributed by atoms with Crippen molar-refractivity contribution in [3.63, 3.8) is 0 Å². The number of esters is 1. The lowest BCUT2D eigenvalue weighted by molar-refractivity contribution is -0.122. The Bertz CT molecular complexity index is 1150. The number of aryl methyl sites for hydroxylation is 1. The molecule has 0 spiro atoms. The lowest BCUT2D eigenvalue weighted by Crippen LogP contribution is -2.38. The molecule has 1 aliphatic carbocycles. The van der Waals surface area contributed by atoms with Gasteiger partial charge in [-0.25, -0.2) is 4.79 Å². The molecule has 33 heavy (non-hydrogen) atoms. The van der Waals surface area contributed by atoms with E-state index in [4.69, 9.17) is 4.74 Å². The molecule has 3 rings (SSSR count). The average molecular weight is 469 g/mol. The van der Waals surface area contributed by atoms with Gasteiger partial charge in [0.15, 0.2) is 0 Å². The molecule has 7 heteroatoms. The van der Waals surface area contributed by atoms with Gasteiger partial charge in [-0.3, -0.25) is 14.5 Å². The Hall–Kier alpha value is -2.85. The van der Waals surface area contributed by atoms with Crippen LogP contribution in [0.4, 0.5) is 11.4 Å². The highest BCUT2D eigenvalue weighted by molar-refractivity contribution is 7.15. The fraction of sp³-hybridized carbons (Fsp3) is 0.500. The minimum atomic E-state index is -0.554. The van der Waals surface area contributed by atoms with Gasteiger partial charge in [0.2, 0.25) is 5.91 Å². The van der Waals surface area contributed by atoms with E-state index >= 15 is 0 Å². The molecule has 2 heterocycles. The molecule has 6 nitrogen and oxygen atoms in total. The van der Waals surface area contributed by atoms with Crippen LogP contribution < -0.4 is 10.5 Å². The summed E-state index contributed by atoms with van der Waals surface area (Å²) in [6, 6.07) is 5.08. The molecule has 0 aromatic carbocycles. The van der Waals surface area contributed by atoms with Gasteiger partial charge in [0.1, 0.15) is 10.6 Å². The molecule has 0 saturated heterocycles. The van der Waals surface area contributed by atoms with Crippen LogP contribution in [0.5, 0.6) is 0 Å². The van der Waals surface area contributed by atoms with Crippen molar-refractivity contribution < 1.29 is 14.3 Å². The third-order valence-electron chi connectivity index (χ3n) is 5.81. The van der Waals surface area contributed by atoms with Crippen molar-refractivity contribution in [3.05, 3.63) is 44.5 Å². The van der Waals surface area contributed by atoms with E-state index in [1.165, 1.54) is 27.9 Å². The zero-order valence-corrected chi connectivity index (χ0v) is 21.0. The highest BCUT2D eigenvalue weighted by Gasteiger charge is 2.34. The van der Waals surface area contributed by atoms with Gasteiger partial charge in [-0.05, 0) is 70.6 Å². The van der Waals surface area contributed by atoms with Crippen LogP contribution in [0.1, 0.15) is 67.9 Å². The van der Waals surface area contributed by atoms with E-state index in [1.807, 2.05) is 20.8 Å². The zero-order chi connectivity index (χ0) is 24.3. The van der Waals surface area contributed by atoms with E-state index in [1.54, 1.807) is 31.4 Å². The van der Waals surface area contributed by atoms with Crippen LogP contribution in [0.3, 0.4) is 0 Å². The number of pyridine rings is 1. The van der Waals surface area contributed by atoms with Gasteiger partial charge in [-0.2, -0.15) is 0 Å². The number of carbonyl (C=O) groups is 2. The van der Waals surface area contributed by atoms with Crippen LogP contribution in [-0.4, -0.2) is 23.6 Å². The molecule has 1 fully saturated rings. The molecule has 0 radical (unpaired) electrons. The van der Waals surface area contributed by atoms with E-state index in [0.29, 0.717) is 16.5 Å². The third kappa shape index (κ3) is 5.75. The third-order valence-corrected chi connectivity index (χ3v) is 6.83. The van der Waals surface area contributed by atoms with Crippen molar-refractivity contribution in [3.8, 4) is 11.8 Å². The molecule has 0 N–H and O–H groups in total. The number of amides is 1. The molecule has 0 aliphatic heterocycles. The summed E-state index contributed by atoms with van der Waals surface area (Å²) in [5.74, 6) is 5.95. The maximum Gasteiger partial charge on any atom is 0.350 e. The number of nitrogens with zero attached hydrogens (tertiary/aromatic N) is 2. The highest BCUT2D eigenvalue weighted by Crippen LogP contribution is 2.38. The van der Waals surface area contributed by atoms with Crippen LogP contribution in [0, 0.1) is 29.1 Å². The molecular weight excluding hydrogens is 436 g/mol. The Kier molecular flexibility index (Phi) is 7.48. The largest absolute Gasteiger partial charge is 0.465 e. The number of aromatic nitrogens is 1. The number of hydrogen-bond donors (Lipinski definition) is 0. The van der Waals surface area contributed by atoms with Crippen molar-refractivity contribution in [1.29, 1.82) is 0 Å². The van der Waals surface area contributed by atoms with Gasteiger partial charge in [0.05, 0.1) is 17.7 Å². The first kappa shape index (κ1) is 24.8. The predicted molar refractivity (Wildman–Crippen MR) is 132 cm³/mol. The Morgan fingerprint density at radius 1 is 1.18 bits per heavy atom. The summed E-state index contributed by atoms with van der Waals surface area (Å²) in [6.07, 6.45) is 5.10. The SMILES string of the molecule is COC(=O)c1sc(C#CC(C)(C)C)cc1N(C(=O)C1CCC(C)CC1)c1cccn(C)c1=O. The molecule has 1 saturated carbocycles. The Morgan fingerprint density at radius 2 is 1.85 bits per heavy atom. The van der Waals surface area contributed by atoms with Crippen LogP contribution in [0.15, 0.2) is 29.2 Å². The van der Waals surface area contributed by atoms with Gasteiger partial charge >= 0.3 is 5.97 Å². The maximum atomic E-state index is 13.9. The van der Waals surface area contributed by atoms with Crippen LogP contribution >= 0.6 is 11.3 Å². The summed E-state index contributed by atoms with van der Waals surface area (Å²) in [7, 11) is 2.95. The Labute approximate surface area is 199 Å². The van der Waals surface area contributed by atoms with Crippen molar-refractivity contribution >= 4 is 34.6 Å². The minimum Gasteiger partial charge on any atom is -0.465 e. The van der Waals surface area contributed by atoms with Crippen LogP contribution in [0.2, 0.25) is 0 Å². The van der Waals surface area contributed by atoms with E-state index in [9.17, 15) is 14.4 Å². The topological polar surface area (TPSA) is 68.6 Å². The molecule has 176 valence electrons. The van der Waals surface area contributed by atoms with Crippen molar-refractivity contribution in [2.24, 2.45) is 24.3 Å². The highest BCUT2D eigenvalue weighted by atomic mass is 32.1. The molecule has 2 aromatic rings. The molecule has 0 unspecified atom stereocenters. The second-order valence-corrected chi connectivity index (χ2v) is 10.8. The molecule has 1 amide bonds. The zero-order valence-electron chi connectivity index (χ0n) is 20.2. The number of rotatable bonds is 4. The molecule has 1 aliphatic rings. The van der Waals surface area contributed by atoms with E-state index in [0.717, 1.165) is 25.7 Å². The maximum absolute atomic E-state index is 13.9. The Balaban J connectivity index is 2.19. The quantitative estimate of drug-likeness (QED) is 0.461. The average Bonchev–Trinajstić information content (AvgIpc) is 3.19. The van der Waals surface area contributed by atoms with E-state index < -0.39 is 5.97 Å². The number of carbonyl (C=O) groups excluding carboxylic acids is 2. The summed E-state index contributed by atoms with van der Waals surface area (Å²) in [5, 5.41) is 0. The minimum absolute atomic E-state index is 0.163. The van der Waals surface area contributed by atoms with Crippen molar-refractivity contribution in [1.82, 2.24) is 4.57 Å². The number of thiophene rings is 1. The first-order valence-corrected chi connectivity index (χ1v) is 12.1. The second kappa shape index (κ2) is 9.96. The smallest absolute Gasteiger partial charge is 0.350 e. The fourth-order valence-electron chi connectivity index (χ4n) is 3.91. The van der Waals surface area contributed by atoms with Crippen LogP contribution in [-0.2, 0) is 16.6 Å². The monoisotopic (exact) mass is 468 g/mol. The van der Waals surface area contributed by atoms with Gasteiger partial charge in [-0.15, -0.1) is 11.3 Å². The first-order chi connectivity index (χ1) is 15.5. The second-order valence-electron chi connectivity index (χ2n) is 9.76. The number of methoxy groups -OCH3 is 1. The summed E-state index contributed by atoms with van der Waals surface area (Å²) >= 11 is 1.18. The first-order valence-electron chi connectivity index (χ1n) is 11.3. The standard InChI is InChI=1S/C26H32N2O4S/c1-17-9-11-18(12-10-17)23(29)28(20-8-7-15-27(5)24(20)30)21-16-19(13-14-26(2,3)4)33-22(21)25(31)32-6/h7-8,15-18H,9-12H2,1-6H3. The summed E-state index contributed by atoms with van der Waals surface area (Å²) < 4.78 is 6.45. The van der Waals surface area contributed by atoms with Crippen LogP contribution in [0.25, 0.3) is 0 Å².